The molecule has 0 fully saturated rings. The Balaban J connectivity index is 1.86. The van der Waals surface area contributed by atoms with E-state index in [0.29, 0.717) is 17.1 Å². The molecule has 0 aliphatic carbocycles. The lowest BCUT2D eigenvalue weighted by Crippen LogP contribution is -2.22. The number of benzene rings is 1. The topological polar surface area (TPSA) is 47.0 Å². The molecule has 0 spiro atoms. The molecule has 2 rings (SSSR count). The smallest absolute Gasteiger partial charge is 0.445 e. The summed E-state index contributed by atoms with van der Waals surface area (Å²) in [6, 6.07) is 5.61. The molecule has 114 valence electrons. The molecule has 1 aromatic heterocycles. The van der Waals surface area contributed by atoms with Gasteiger partial charge in [-0.3, -0.25) is 0 Å². The first-order chi connectivity index (χ1) is 9.84. The van der Waals surface area contributed by atoms with Gasteiger partial charge in [-0.25, -0.2) is 4.39 Å². The van der Waals surface area contributed by atoms with Crippen molar-refractivity contribution in [2.24, 2.45) is 0 Å². The van der Waals surface area contributed by atoms with Crippen molar-refractivity contribution in [3.05, 3.63) is 35.1 Å². The average Bonchev–Trinajstić information content (AvgIpc) is 2.85. The molecule has 0 bridgehead atoms. The fourth-order valence-corrected chi connectivity index (χ4v) is 2.07. The second kappa shape index (κ2) is 6.25. The van der Waals surface area contributed by atoms with Crippen molar-refractivity contribution in [2.75, 3.05) is 11.9 Å². The van der Waals surface area contributed by atoms with Gasteiger partial charge in [0.1, 0.15) is 17.7 Å². The van der Waals surface area contributed by atoms with Crippen LogP contribution in [0.25, 0.3) is 0 Å². The lowest BCUT2D eigenvalue weighted by molar-refractivity contribution is -0.138. The minimum atomic E-state index is -4.50. The molecule has 4 nitrogen and oxygen atoms in total. The minimum Gasteiger partial charge on any atom is -0.489 e. The third kappa shape index (κ3) is 4.55. The zero-order valence-corrected chi connectivity index (χ0v) is 11.6. The van der Waals surface area contributed by atoms with Crippen LogP contribution in [0.4, 0.5) is 22.7 Å². The molecule has 2 aromatic rings. The second-order valence-electron chi connectivity index (χ2n) is 4.18. The van der Waals surface area contributed by atoms with Gasteiger partial charge in [-0.2, -0.15) is 13.2 Å². The van der Waals surface area contributed by atoms with Gasteiger partial charge in [0.05, 0.1) is 6.54 Å². The lowest BCUT2D eigenvalue weighted by atomic mass is 10.3. The normalized spacial score (nSPS) is 13.0. The molecule has 1 aromatic carbocycles. The molecule has 0 saturated carbocycles. The van der Waals surface area contributed by atoms with Crippen LogP contribution in [0.2, 0.25) is 0 Å². The highest BCUT2D eigenvalue weighted by Gasteiger charge is 2.35. The van der Waals surface area contributed by atoms with E-state index in [-0.39, 0.29) is 17.8 Å². The Morgan fingerprint density at radius 3 is 2.71 bits per heavy atom. The Bertz CT molecular complexity index is 602. The fraction of sp³-hybridized carbons (Fsp3) is 0.333. The summed E-state index contributed by atoms with van der Waals surface area (Å²) in [5.74, 6) is -0.0795. The number of anilines is 1. The number of hydrogen-bond donors (Lipinski definition) is 1. The van der Waals surface area contributed by atoms with Gasteiger partial charge in [0, 0.05) is 6.07 Å². The molecule has 1 heterocycles. The van der Waals surface area contributed by atoms with Crippen LogP contribution < -0.4 is 10.1 Å². The standard InChI is InChI=1S/C12H11F4N3OS/c1-7(20-9-4-2-3-8(13)5-9)6-17-11-19-18-10(21-11)12(14,15)16/h2-5,7H,6H2,1H3,(H,17,19). The van der Waals surface area contributed by atoms with Crippen LogP contribution in [-0.2, 0) is 6.18 Å². The van der Waals surface area contributed by atoms with Crippen LogP contribution >= 0.6 is 11.3 Å². The van der Waals surface area contributed by atoms with E-state index >= 15 is 0 Å². The van der Waals surface area contributed by atoms with Gasteiger partial charge >= 0.3 is 6.18 Å². The molecule has 0 radical (unpaired) electrons. The van der Waals surface area contributed by atoms with Crippen molar-refractivity contribution < 1.29 is 22.3 Å². The molecule has 21 heavy (non-hydrogen) atoms. The first-order valence-electron chi connectivity index (χ1n) is 5.91. The van der Waals surface area contributed by atoms with Gasteiger partial charge in [0.15, 0.2) is 0 Å². The maximum Gasteiger partial charge on any atom is 0.445 e. The Morgan fingerprint density at radius 1 is 1.33 bits per heavy atom. The van der Waals surface area contributed by atoms with Crippen LogP contribution in [-0.4, -0.2) is 22.8 Å². The number of nitrogens with zero attached hydrogens (tertiary/aromatic N) is 2. The number of aromatic nitrogens is 2. The molecular formula is C12H11F4N3OS. The van der Waals surface area contributed by atoms with Crippen LogP contribution in [0.15, 0.2) is 24.3 Å². The van der Waals surface area contributed by atoms with Crippen molar-refractivity contribution in [1.29, 1.82) is 0 Å². The molecule has 9 heteroatoms. The molecule has 0 amide bonds. The predicted octanol–water partition coefficient (Wildman–Crippen LogP) is 3.58. The van der Waals surface area contributed by atoms with Gasteiger partial charge < -0.3 is 10.1 Å². The van der Waals surface area contributed by atoms with Crippen LogP contribution in [0.3, 0.4) is 0 Å². The Labute approximate surface area is 121 Å². The van der Waals surface area contributed by atoms with E-state index in [1.807, 2.05) is 0 Å². The van der Waals surface area contributed by atoms with Gasteiger partial charge in [-0.05, 0) is 19.1 Å². The summed E-state index contributed by atoms with van der Waals surface area (Å²) in [6.45, 7) is 1.91. The van der Waals surface area contributed by atoms with Crippen molar-refractivity contribution in [3.63, 3.8) is 0 Å². The number of ether oxygens (including phenoxy) is 1. The Morgan fingerprint density at radius 2 is 2.10 bits per heavy atom. The molecule has 1 unspecified atom stereocenters. The first-order valence-corrected chi connectivity index (χ1v) is 6.73. The molecule has 0 saturated heterocycles. The number of alkyl halides is 3. The number of rotatable bonds is 5. The van der Waals surface area contributed by atoms with Crippen LogP contribution in [0.5, 0.6) is 5.75 Å². The molecular weight excluding hydrogens is 310 g/mol. The minimum absolute atomic E-state index is 0.0528. The molecule has 1 atom stereocenters. The van der Waals surface area contributed by atoms with Crippen LogP contribution in [0, 0.1) is 5.82 Å². The number of nitrogens with one attached hydrogen (secondary N) is 1. The highest BCUT2D eigenvalue weighted by atomic mass is 32.1. The second-order valence-corrected chi connectivity index (χ2v) is 5.15. The largest absolute Gasteiger partial charge is 0.489 e. The Hall–Kier alpha value is -1.90. The van der Waals surface area contributed by atoms with E-state index < -0.39 is 17.0 Å². The molecule has 1 N–H and O–H groups in total. The Kier molecular flexibility index (Phi) is 4.61. The monoisotopic (exact) mass is 321 g/mol. The first kappa shape index (κ1) is 15.5. The number of hydrogen-bond acceptors (Lipinski definition) is 5. The number of halogens is 4. The van der Waals surface area contributed by atoms with Gasteiger partial charge in [0.25, 0.3) is 0 Å². The summed E-state index contributed by atoms with van der Waals surface area (Å²) >= 11 is 0.417. The zero-order chi connectivity index (χ0) is 15.5. The summed E-state index contributed by atoms with van der Waals surface area (Å²) in [5.41, 5.74) is 0. The SMILES string of the molecule is CC(CNc1nnc(C(F)(F)F)s1)Oc1cccc(F)c1. The summed E-state index contributed by atoms with van der Waals surface area (Å²) in [6.07, 6.45) is -4.88. The van der Waals surface area contributed by atoms with Crippen molar-refractivity contribution >= 4 is 16.5 Å². The van der Waals surface area contributed by atoms with Crippen LogP contribution in [0.1, 0.15) is 11.9 Å². The fourth-order valence-electron chi connectivity index (χ4n) is 1.45. The summed E-state index contributed by atoms with van der Waals surface area (Å²) in [7, 11) is 0. The maximum atomic E-state index is 13.0. The highest BCUT2D eigenvalue weighted by molar-refractivity contribution is 7.15. The third-order valence-electron chi connectivity index (χ3n) is 2.34. The lowest BCUT2D eigenvalue weighted by Gasteiger charge is -2.14. The van der Waals surface area contributed by atoms with E-state index in [1.54, 1.807) is 13.0 Å². The summed E-state index contributed by atoms with van der Waals surface area (Å²) < 4.78 is 55.4. The van der Waals surface area contributed by atoms with E-state index in [4.69, 9.17) is 4.74 Å². The van der Waals surface area contributed by atoms with Gasteiger partial charge in [0.2, 0.25) is 10.1 Å². The molecule has 0 aliphatic heterocycles. The molecule has 0 aliphatic rings. The van der Waals surface area contributed by atoms with Crippen molar-refractivity contribution in [1.82, 2.24) is 10.2 Å². The van der Waals surface area contributed by atoms with Gasteiger partial charge in [-0.1, -0.05) is 17.4 Å². The van der Waals surface area contributed by atoms with E-state index in [1.165, 1.54) is 18.2 Å². The van der Waals surface area contributed by atoms with Gasteiger partial charge in [-0.15, -0.1) is 10.2 Å². The summed E-state index contributed by atoms with van der Waals surface area (Å²) in [4.78, 5) is 0. The van der Waals surface area contributed by atoms with Crippen molar-refractivity contribution in [2.45, 2.75) is 19.2 Å². The predicted molar refractivity (Wildman–Crippen MR) is 69.9 cm³/mol. The average molecular weight is 321 g/mol. The third-order valence-corrected chi connectivity index (χ3v) is 3.27. The van der Waals surface area contributed by atoms with Crippen molar-refractivity contribution in [3.8, 4) is 5.75 Å². The summed E-state index contributed by atoms with van der Waals surface area (Å²) in [5, 5.41) is 8.19. The quantitative estimate of drug-likeness (QED) is 0.855. The highest BCUT2D eigenvalue weighted by Crippen LogP contribution is 2.32. The zero-order valence-electron chi connectivity index (χ0n) is 10.8. The maximum absolute atomic E-state index is 13.0. The van der Waals surface area contributed by atoms with E-state index in [0.717, 1.165) is 0 Å². The van der Waals surface area contributed by atoms with E-state index in [2.05, 4.69) is 15.5 Å². The van der Waals surface area contributed by atoms with E-state index in [9.17, 15) is 17.6 Å².